The summed E-state index contributed by atoms with van der Waals surface area (Å²) in [4.78, 5) is 56.0. The zero-order valence-electron chi connectivity index (χ0n) is 15.9. The number of hydrogen-bond donors (Lipinski definition) is 4. The van der Waals surface area contributed by atoms with E-state index in [-0.39, 0.29) is 24.0 Å². The summed E-state index contributed by atoms with van der Waals surface area (Å²) >= 11 is 0. The van der Waals surface area contributed by atoms with E-state index in [1.165, 1.54) is 44.2 Å². The average molecular weight is 418 g/mol. The molecule has 1 aromatic rings. The summed E-state index contributed by atoms with van der Waals surface area (Å²) in [5.74, 6) is -6.47. The van der Waals surface area contributed by atoms with Crippen molar-refractivity contribution >= 4 is 24.3 Å². The minimum Gasteiger partial charge on any atom is -0.345 e. The summed E-state index contributed by atoms with van der Waals surface area (Å²) in [5.41, 5.74) is -4.85. The number of aliphatic imine (C=N–C) groups is 4. The largest absolute Gasteiger partial charge is 0.345 e. The minimum absolute atomic E-state index is 0.153. The van der Waals surface area contributed by atoms with Gasteiger partial charge in [-0.3, -0.25) is 0 Å². The second kappa shape index (κ2) is 9.39. The van der Waals surface area contributed by atoms with Crippen LogP contribution in [-0.2, 0) is 30.3 Å². The molecule has 2 unspecified atom stereocenters. The maximum Gasteiger partial charge on any atom is 0.306 e. The van der Waals surface area contributed by atoms with Crippen LogP contribution < -0.4 is 0 Å². The summed E-state index contributed by atoms with van der Waals surface area (Å²) in [6.45, 7) is 2.79. The van der Waals surface area contributed by atoms with Gasteiger partial charge in [-0.25, -0.2) is 19.2 Å². The van der Waals surface area contributed by atoms with Crippen LogP contribution in [0, 0.1) is 0 Å². The second-order valence-corrected chi connectivity index (χ2v) is 6.09. The zero-order valence-corrected chi connectivity index (χ0v) is 15.9. The van der Waals surface area contributed by atoms with Gasteiger partial charge in [0.1, 0.15) is 0 Å². The predicted octanol–water partition coefficient (Wildman–Crippen LogP) is -0.483. The van der Waals surface area contributed by atoms with Crippen molar-refractivity contribution in [3.8, 4) is 0 Å². The lowest BCUT2D eigenvalue weighted by molar-refractivity contribution is -0.207. The summed E-state index contributed by atoms with van der Waals surface area (Å²) in [6, 6.07) is 4.90. The molecule has 158 valence electrons. The fourth-order valence-electron chi connectivity index (χ4n) is 3.21. The third-order valence-corrected chi connectivity index (χ3v) is 4.83. The molecule has 2 atom stereocenters. The van der Waals surface area contributed by atoms with E-state index in [1.54, 1.807) is 0 Å². The topological polar surface area (TPSA) is 199 Å². The molecular formula is C18H18N4O8. The highest BCUT2D eigenvalue weighted by molar-refractivity contribution is 5.46. The minimum atomic E-state index is -3.24. The van der Waals surface area contributed by atoms with Gasteiger partial charge in [0.25, 0.3) is 0 Å². The number of carbonyl (C=O) groups excluding carboxylic acids is 4. The van der Waals surface area contributed by atoms with Crippen LogP contribution in [0.2, 0.25) is 0 Å². The molecule has 0 amide bonds. The van der Waals surface area contributed by atoms with E-state index in [9.17, 15) is 39.6 Å². The van der Waals surface area contributed by atoms with E-state index in [0.717, 1.165) is 18.2 Å². The van der Waals surface area contributed by atoms with Crippen LogP contribution in [0.25, 0.3) is 0 Å². The molecule has 0 fully saturated rings. The standard InChI is InChI=1S/C18H18N4O8/c1-3-15(19-9-23,17(27,28)21-11-25)13-6-5-7-14(8-13)16(4-2,20-10-24)18(29,30)22-12-26/h5-8,27-30H,3-4H2,1-2H3. The lowest BCUT2D eigenvalue weighted by Crippen LogP contribution is -2.50. The Labute approximate surface area is 169 Å². The highest BCUT2D eigenvalue weighted by Gasteiger charge is 2.54. The van der Waals surface area contributed by atoms with Crippen molar-refractivity contribution in [2.24, 2.45) is 20.0 Å². The molecule has 0 saturated carbocycles. The molecular weight excluding hydrogens is 400 g/mol. The molecule has 0 radical (unpaired) electrons. The van der Waals surface area contributed by atoms with Gasteiger partial charge in [-0.05, 0) is 24.0 Å². The molecule has 0 aliphatic rings. The maximum atomic E-state index is 11.0. The number of hydrogen-bond acceptors (Lipinski definition) is 12. The smallest absolute Gasteiger partial charge is 0.306 e. The molecule has 0 aliphatic heterocycles. The highest BCUT2D eigenvalue weighted by atomic mass is 16.5. The predicted molar refractivity (Wildman–Crippen MR) is 97.2 cm³/mol. The normalized spacial score (nSPS) is 15.1. The Kier molecular flexibility index (Phi) is 7.70. The van der Waals surface area contributed by atoms with Gasteiger partial charge in [0.15, 0.2) is 11.1 Å². The number of nitrogens with zero attached hydrogens (tertiary/aromatic N) is 4. The quantitative estimate of drug-likeness (QED) is 0.222. The molecule has 1 aromatic carbocycles. The van der Waals surface area contributed by atoms with Crippen molar-refractivity contribution in [2.75, 3.05) is 0 Å². The molecule has 12 heteroatoms. The van der Waals surface area contributed by atoms with Crippen LogP contribution in [0.3, 0.4) is 0 Å². The first-order chi connectivity index (χ1) is 14.1. The molecule has 1 rings (SSSR count). The molecule has 4 N–H and O–H groups in total. The monoisotopic (exact) mass is 418 g/mol. The first kappa shape index (κ1) is 24.6. The summed E-state index contributed by atoms with van der Waals surface area (Å²) in [5, 5.41) is 41.2. The summed E-state index contributed by atoms with van der Waals surface area (Å²) in [6.07, 6.45) is 3.71. The van der Waals surface area contributed by atoms with Crippen LogP contribution >= 0.6 is 0 Å². The molecule has 0 bridgehead atoms. The first-order valence-corrected chi connectivity index (χ1v) is 8.44. The van der Waals surface area contributed by atoms with Crippen molar-refractivity contribution in [2.45, 2.75) is 49.6 Å². The SMILES string of the molecule is CCC(N=C=O)(c1cccc(C(CC)(N=C=O)C(O)(O)N=C=O)c1)C(O)(O)N=C=O. The molecule has 0 saturated heterocycles. The van der Waals surface area contributed by atoms with E-state index in [4.69, 9.17) is 0 Å². The first-order valence-electron chi connectivity index (χ1n) is 8.44. The van der Waals surface area contributed by atoms with Gasteiger partial charge in [0, 0.05) is 0 Å². The third-order valence-electron chi connectivity index (χ3n) is 4.83. The number of benzene rings is 1. The number of isocyanates is 4. The number of aliphatic hydroxyl groups is 4. The second-order valence-electron chi connectivity index (χ2n) is 6.09. The van der Waals surface area contributed by atoms with Gasteiger partial charge >= 0.3 is 11.8 Å². The molecule has 0 aromatic heterocycles. The Bertz CT molecular complexity index is 908. The van der Waals surface area contributed by atoms with Crippen molar-refractivity contribution in [3.05, 3.63) is 35.4 Å². The molecule has 12 nitrogen and oxygen atoms in total. The summed E-state index contributed by atoms with van der Waals surface area (Å²) in [7, 11) is 0. The fourth-order valence-corrected chi connectivity index (χ4v) is 3.21. The van der Waals surface area contributed by atoms with Crippen molar-refractivity contribution in [1.29, 1.82) is 0 Å². The average Bonchev–Trinajstić information content (AvgIpc) is 2.69. The van der Waals surface area contributed by atoms with E-state index >= 15 is 0 Å². The van der Waals surface area contributed by atoms with E-state index < -0.39 is 22.9 Å². The van der Waals surface area contributed by atoms with Crippen LogP contribution in [-0.4, -0.2) is 56.6 Å². The highest BCUT2D eigenvalue weighted by Crippen LogP contribution is 2.44. The Hall–Kier alpha value is -3.42. The lowest BCUT2D eigenvalue weighted by Gasteiger charge is -2.38. The molecule has 30 heavy (non-hydrogen) atoms. The van der Waals surface area contributed by atoms with Gasteiger partial charge < -0.3 is 20.4 Å². The number of rotatable bonds is 10. The van der Waals surface area contributed by atoms with Gasteiger partial charge in [-0.1, -0.05) is 38.1 Å². The van der Waals surface area contributed by atoms with Crippen LogP contribution in [0.15, 0.2) is 44.2 Å². The summed E-state index contributed by atoms with van der Waals surface area (Å²) < 4.78 is 0. The van der Waals surface area contributed by atoms with Crippen LogP contribution in [0.4, 0.5) is 0 Å². The van der Waals surface area contributed by atoms with Gasteiger partial charge in [-0.2, -0.15) is 9.98 Å². The van der Waals surface area contributed by atoms with Gasteiger partial charge in [0.05, 0.1) is 0 Å². The van der Waals surface area contributed by atoms with E-state index in [2.05, 4.69) is 20.0 Å². The van der Waals surface area contributed by atoms with Crippen molar-refractivity contribution in [1.82, 2.24) is 0 Å². The van der Waals surface area contributed by atoms with E-state index in [1.807, 2.05) is 0 Å². The van der Waals surface area contributed by atoms with Crippen LogP contribution in [0.1, 0.15) is 37.8 Å². The Morgan fingerprint density at radius 1 is 0.700 bits per heavy atom. The zero-order chi connectivity index (χ0) is 23.1. The Balaban J connectivity index is 4.01. The Morgan fingerprint density at radius 2 is 1.03 bits per heavy atom. The molecule has 0 spiro atoms. The van der Waals surface area contributed by atoms with Crippen LogP contribution in [0.5, 0.6) is 0 Å². The van der Waals surface area contributed by atoms with Gasteiger partial charge in [-0.15, -0.1) is 9.98 Å². The Morgan fingerprint density at radius 3 is 1.30 bits per heavy atom. The van der Waals surface area contributed by atoms with Crippen molar-refractivity contribution in [3.63, 3.8) is 0 Å². The molecule has 0 aliphatic carbocycles. The fraction of sp³-hybridized carbons (Fsp3) is 0.444. The lowest BCUT2D eigenvalue weighted by atomic mass is 9.78. The van der Waals surface area contributed by atoms with Gasteiger partial charge in [0.2, 0.25) is 24.3 Å². The van der Waals surface area contributed by atoms with E-state index in [0.29, 0.717) is 0 Å². The van der Waals surface area contributed by atoms with Crippen molar-refractivity contribution < 1.29 is 39.6 Å². The molecule has 0 heterocycles. The third kappa shape index (κ3) is 3.98. The maximum absolute atomic E-state index is 11.0.